The summed E-state index contributed by atoms with van der Waals surface area (Å²) in [5.74, 6) is 0.0562. The first-order chi connectivity index (χ1) is 8.66. The van der Waals surface area contributed by atoms with Gasteiger partial charge in [0.15, 0.2) is 0 Å². The first-order valence-electron chi connectivity index (χ1n) is 6.39. The van der Waals surface area contributed by atoms with Crippen molar-refractivity contribution in [3.8, 4) is 0 Å². The molecule has 100 valence electrons. The van der Waals surface area contributed by atoms with Crippen LogP contribution in [-0.4, -0.2) is 47.7 Å². The summed E-state index contributed by atoms with van der Waals surface area (Å²) in [4.78, 5) is 15.3. The van der Waals surface area contributed by atoms with Crippen molar-refractivity contribution < 1.29 is 9.90 Å². The molecule has 0 aliphatic carbocycles. The summed E-state index contributed by atoms with van der Waals surface area (Å²) in [5, 5.41) is 14.5. The van der Waals surface area contributed by atoms with Gasteiger partial charge in [0, 0.05) is 24.5 Å². The number of rotatable bonds is 5. The van der Waals surface area contributed by atoms with Crippen molar-refractivity contribution in [2.75, 3.05) is 19.6 Å². The highest BCUT2D eigenvalue weighted by Gasteiger charge is 2.28. The van der Waals surface area contributed by atoms with Crippen LogP contribution in [0.2, 0.25) is 0 Å². The number of amides is 1. The van der Waals surface area contributed by atoms with E-state index in [1.165, 1.54) is 4.88 Å². The molecule has 1 aliphatic heterocycles. The van der Waals surface area contributed by atoms with Gasteiger partial charge in [0.1, 0.15) is 0 Å². The lowest BCUT2D eigenvalue weighted by atomic mass is 10.2. The van der Waals surface area contributed by atoms with E-state index in [1.807, 2.05) is 23.3 Å². The van der Waals surface area contributed by atoms with Crippen molar-refractivity contribution in [3.63, 3.8) is 0 Å². The van der Waals surface area contributed by atoms with Crippen molar-refractivity contribution in [2.24, 2.45) is 0 Å². The molecular weight excluding hydrogens is 248 g/mol. The lowest BCUT2D eigenvalue weighted by Gasteiger charge is -2.22. The summed E-state index contributed by atoms with van der Waals surface area (Å²) in [7, 11) is 0. The summed E-state index contributed by atoms with van der Waals surface area (Å²) >= 11 is 1.71. The van der Waals surface area contributed by atoms with Gasteiger partial charge in [-0.15, -0.1) is 11.3 Å². The minimum Gasteiger partial charge on any atom is -0.392 e. The predicted octanol–water partition coefficient (Wildman–Crippen LogP) is 0.862. The van der Waals surface area contributed by atoms with Gasteiger partial charge in [0.05, 0.1) is 12.1 Å². The number of carbonyl (C=O) groups is 1. The quantitative estimate of drug-likeness (QED) is 0.833. The second kappa shape index (κ2) is 6.31. The molecule has 1 aromatic heterocycles. The van der Waals surface area contributed by atoms with E-state index in [0.717, 1.165) is 19.4 Å². The van der Waals surface area contributed by atoms with Crippen LogP contribution >= 0.6 is 11.3 Å². The highest BCUT2D eigenvalue weighted by atomic mass is 32.1. The van der Waals surface area contributed by atoms with Crippen molar-refractivity contribution in [1.29, 1.82) is 0 Å². The molecule has 0 spiro atoms. The molecule has 1 fully saturated rings. The van der Waals surface area contributed by atoms with Crippen LogP contribution in [0.25, 0.3) is 0 Å². The van der Waals surface area contributed by atoms with Crippen molar-refractivity contribution in [1.82, 2.24) is 10.2 Å². The zero-order valence-corrected chi connectivity index (χ0v) is 11.4. The number of hydrogen-bond acceptors (Lipinski definition) is 4. The van der Waals surface area contributed by atoms with Gasteiger partial charge in [0.2, 0.25) is 5.91 Å². The molecule has 2 heterocycles. The molecule has 4 nitrogen and oxygen atoms in total. The maximum atomic E-state index is 11.9. The van der Waals surface area contributed by atoms with Crippen LogP contribution in [0.4, 0.5) is 0 Å². The molecule has 0 radical (unpaired) electrons. The zero-order chi connectivity index (χ0) is 13.0. The molecule has 1 saturated heterocycles. The van der Waals surface area contributed by atoms with Gasteiger partial charge < -0.3 is 10.4 Å². The lowest BCUT2D eigenvalue weighted by molar-refractivity contribution is -0.125. The van der Waals surface area contributed by atoms with Crippen molar-refractivity contribution in [3.05, 3.63) is 22.4 Å². The van der Waals surface area contributed by atoms with E-state index in [0.29, 0.717) is 13.1 Å². The Bertz CT molecular complexity index is 380. The molecule has 2 rings (SSSR count). The number of thiophene rings is 1. The average molecular weight is 268 g/mol. The number of carbonyl (C=O) groups excluding carboxylic acids is 1. The number of β-amino-alcohol motifs (C(OH)–C–C–N with tert-alkyl or cyclic N) is 1. The number of nitrogens with zero attached hydrogens (tertiary/aromatic N) is 1. The van der Waals surface area contributed by atoms with Gasteiger partial charge in [-0.2, -0.15) is 0 Å². The number of aliphatic hydroxyl groups is 1. The highest BCUT2D eigenvalue weighted by Crippen LogP contribution is 2.12. The Hall–Kier alpha value is -0.910. The fraction of sp³-hybridized carbons (Fsp3) is 0.615. The molecule has 1 unspecified atom stereocenters. The van der Waals surface area contributed by atoms with E-state index in [2.05, 4.69) is 11.4 Å². The normalized spacial score (nSPS) is 22.0. The third-order valence-corrected chi connectivity index (χ3v) is 4.31. The third kappa shape index (κ3) is 3.54. The number of hydrogen-bond donors (Lipinski definition) is 2. The van der Waals surface area contributed by atoms with Gasteiger partial charge in [0.25, 0.3) is 0 Å². The van der Waals surface area contributed by atoms with Crippen molar-refractivity contribution in [2.45, 2.75) is 31.9 Å². The van der Waals surface area contributed by atoms with E-state index in [1.54, 1.807) is 11.3 Å². The first-order valence-corrected chi connectivity index (χ1v) is 7.27. The Morgan fingerprint density at radius 2 is 2.56 bits per heavy atom. The topological polar surface area (TPSA) is 52.6 Å². The fourth-order valence-corrected chi connectivity index (χ4v) is 2.91. The maximum absolute atomic E-state index is 11.9. The predicted molar refractivity (Wildman–Crippen MR) is 72.7 cm³/mol. The summed E-state index contributed by atoms with van der Waals surface area (Å²) in [6.07, 6.45) is 1.39. The number of likely N-dealkylation sites (tertiary alicyclic amines) is 1. The van der Waals surface area contributed by atoms with Gasteiger partial charge in [-0.25, -0.2) is 0 Å². The molecule has 1 aromatic rings. The van der Waals surface area contributed by atoms with E-state index in [9.17, 15) is 9.90 Å². The van der Waals surface area contributed by atoms with Crippen LogP contribution in [0.5, 0.6) is 0 Å². The molecule has 1 amide bonds. The smallest absolute Gasteiger partial charge is 0.237 e. The number of nitrogens with one attached hydrogen (secondary N) is 1. The van der Waals surface area contributed by atoms with Gasteiger partial charge in [-0.3, -0.25) is 9.69 Å². The standard InChI is InChI=1S/C13H20N2O2S/c1-10(15-7-5-11(16)9-15)13(17)14-6-4-12-3-2-8-18-12/h2-3,8,10-11,16H,4-7,9H2,1H3,(H,14,17)/t10?,11-/m1/s1. The second-order valence-electron chi connectivity index (χ2n) is 4.73. The Labute approximate surface area is 112 Å². The highest BCUT2D eigenvalue weighted by molar-refractivity contribution is 7.09. The van der Waals surface area contributed by atoms with Crippen LogP contribution in [0, 0.1) is 0 Å². The van der Waals surface area contributed by atoms with Crippen LogP contribution in [0.15, 0.2) is 17.5 Å². The molecule has 1 aliphatic rings. The average Bonchev–Trinajstić information content (AvgIpc) is 2.99. The Kier molecular flexibility index (Phi) is 4.74. The third-order valence-electron chi connectivity index (χ3n) is 3.37. The van der Waals surface area contributed by atoms with Gasteiger partial charge >= 0.3 is 0 Å². The van der Waals surface area contributed by atoms with Crippen molar-refractivity contribution >= 4 is 17.2 Å². The molecule has 18 heavy (non-hydrogen) atoms. The van der Waals surface area contributed by atoms with E-state index in [4.69, 9.17) is 0 Å². The van der Waals surface area contributed by atoms with Gasteiger partial charge in [-0.05, 0) is 31.2 Å². The summed E-state index contributed by atoms with van der Waals surface area (Å²) < 4.78 is 0. The molecule has 5 heteroatoms. The molecule has 0 saturated carbocycles. The van der Waals surface area contributed by atoms with Crippen LogP contribution in [0.1, 0.15) is 18.2 Å². The van der Waals surface area contributed by atoms with E-state index < -0.39 is 0 Å². The largest absolute Gasteiger partial charge is 0.392 e. The molecule has 0 bridgehead atoms. The summed E-state index contributed by atoms with van der Waals surface area (Å²) in [6.45, 7) is 4.00. The Morgan fingerprint density at radius 1 is 1.72 bits per heavy atom. The molecule has 0 aromatic carbocycles. The second-order valence-corrected chi connectivity index (χ2v) is 5.77. The van der Waals surface area contributed by atoms with Crippen LogP contribution < -0.4 is 5.32 Å². The monoisotopic (exact) mass is 268 g/mol. The van der Waals surface area contributed by atoms with Gasteiger partial charge in [-0.1, -0.05) is 6.07 Å². The molecule has 2 N–H and O–H groups in total. The Balaban J connectivity index is 1.70. The van der Waals surface area contributed by atoms with E-state index >= 15 is 0 Å². The SMILES string of the molecule is CC(C(=O)NCCc1cccs1)N1CC[C@@H](O)C1. The lowest BCUT2D eigenvalue weighted by Crippen LogP contribution is -2.44. The maximum Gasteiger partial charge on any atom is 0.237 e. The molecular formula is C13H20N2O2S. The molecule has 2 atom stereocenters. The van der Waals surface area contributed by atoms with Crippen LogP contribution in [-0.2, 0) is 11.2 Å². The van der Waals surface area contributed by atoms with Crippen LogP contribution in [0.3, 0.4) is 0 Å². The minimum atomic E-state index is -0.272. The summed E-state index contributed by atoms with van der Waals surface area (Å²) in [6, 6.07) is 3.96. The zero-order valence-electron chi connectivity index (χ0n) is 10.6. The Morgan fingerprint density at radius 3 is 3.17 bits per heavy atom. The fourth-order valence-electron chi connectivity index (χ4n) is 2.20. The minimum absolute atomic E-state index is 0.0562. The summed E-state index contributed by atoms with van der Waals surface area (Å²) in [5.41, 5.74) is 0. The van der Waals surface area contributed by atoms with E-state index in [-0.39, 0.29) is 18.1 Å². The number of aliphatic hydroxyl groups excluding tert-OH is 1. The first kappa shape index (κ1) is 13.5.